The van der Waals surface area contributed by atoms with Crippen LogP contribution in [0.15, 0.2) is 48.5 Å². The van der Waals surface area contributed by atoms with Crippen molar-refractivity contribution in [3.05, 3.63) is 60.0 Å². The van der Waals surface area contributed by atoms with E-state index in [1.54, 1.807) is 0 Å². The first-order valence-corrected chi connectivity index (χ1v) is 6.12. The molecular weight excluding hydrogens is 305 g/mol. The summed E-state index contributed by atoms with van der Waals surface area (Å²) in [6, 6.07) is 1.17. The highest BCUT2D eigenvalue weighted by Gasteiger charge is 2.30. The third kappa shape index (κ3) is 5.65. The molecule has 0 fully saturated rings. The molecule has 22 heavy (non-hydrogen) atoms. The summed E-state index contributed by atoms with van der Waals surface area (Å²) < 4.78 is 62.9. The second-order valence-electron chi connectivity index (χ2n) is 4.19. The van der Waals surface area contributed by atoms with E-state index >= 15 is 0 Å². The van der Waals surface area contributed by atoms with Gasteiger partial charge >= 0.3 is 6.18 Å². The van der Waals surface area contributed by atoms with Gasteiger partial charge in [0, 0.05) is 19.2 Å². The average Bonchev–Trinajstić information content (AvgIpc) is 2.42. The average molecular weight is 319 g/mol. The minimum Gasteiger partial charge on any atom is -0.380 e. The maximum Gasteiger partial charge on any atom is 0.415 e. The molecule has 8 heteroatoms. The van der Waals surface area contributed by atoms with Crippen LogP contribution in [-0.2, 0) is 6.54 Å². The van der Waals surface area contributed by atoms with E-state index in [0.717, 1.165) is 6.08 Å². The summed E-state index contributed by atoms with van der Waals surface area (Å²) in [7, 11) is 0. The lowest BCUT2D eigenvalue weighted by Crippen LogP contribution is -2.08. The molecule has 1 heterocycles. The van der Waals surface area contributed by atoms with Gasteiger partial charge in [0.1, 0.15) is 11.6 Å². The molecule has 0 unspecified atom stereocenters. The lowest BCUT2D eigenvalue weighted by atomic mass is 10.2. The Morgan fingerprint density at radius 3 is 2.64 bits per heavy atom. The number of hydrogen-bond acceptors (Lipinski definition) is 3. The van der Waals surface area contributed by atoms with E-state index in [9.17, 15) is 22.0 Å². The first kappa shape index (κ1) is 17.8. The quantitative estimate of drug-likeness (QED) is 0.622. The number of anilines is 1. The van der Waals surface area contributed by atoms with E-state index in [-0.39, 0.29) is 24.9 Å². The molecule has 0 saturated carbocycles. The molecule has 0 saturated heterocycles. The van der Waals surface area contributed by atoms with Gasteiger partial charge in [0.05, 0.1) is 23.2 Å². The summed E-state index contributed by atoms with van der Waals surface area (Å²) in [4.78, 5) is 3.77. The van der Waals surface area contributed by atoms with Crippen molar-refractivity contribution >= 4 is 5.69 Å². The van der Waals surface area contributed by atoms with Gasteiger partial charge < -0.3 is 11.1 Å². The van der Waals surface area contributed by atoms with Gasteiger partial charge in [-0.1, -0.05) is 12.7 Å². The molecular formula is C14H14F5N3. The van der Waals surface area contributed by atoms with Crippen molar-refractivity contribution in [3.63, 3.8) is 0 Å². The number of allylic oxidation sites excluding steroid dienone is 4. The van der Waals surface area contributed by atoms with Crippen LogP contribution >= 0.6 is 0 Å². The predicted molar refractivity (Wildman–Crippen MR) is 74.1 cm³/mol. The Labute approximate surface area is 124 Å². The number of pyridine rings is 1. The van der Waals surface area contributed by atoms with Crippen molar-refractivity contribution in [1.29, 1.82) is 0 Å². The van der Waals surface area contributed by atoms with Crippen LogP contribution in [0.3, 0.4) is 0 Å². The first-order chi connectivity index (χ1) is 10.2. The standard InChI is InChI=1S/C14H14F5N3/c1-9(14(17,18)19)5-10(15)3-2-4-21-11-6-12(16)13(7-20)22-8-11/h2-3,5-6,8,21H,1,4,7,20H2/b3-2-,10-5+. The van der Waals surface area contributed by atoms with E-state index in [0.29, 0.717) is 5.69 Å². The number of nitrogens with zero attached hydrogens (tertiary/aromatic N) is 1. The van der Waals surface area contributed by atoms with E-state index in [4.69, 9.17) is 5.73 Å². The third-order valence-corrected chi connectivity index (χ3v) is 2.49. The predicted octanol–water partition coefficient (Wildman–Crippen LogP) is 3.62. The van der Waals surface area contributed by atoms with E-state index in [2.05, 4.69) is 16.9 Å². The summed E-state index contributed by atoms with van der Waals surface area (Å²) >= 11 is 0. The Hall–Kier alpha value is -2.22. The molecule has 3 N–H and O–H groups in total. The number of hydrogen-bond donors (Lipinski definition) is 2. The Morgan fingerprint density at radius 1 is 1.41 bits per heavy atom. The van der Waals surface area contributed by atoms with Crippen LogP contribution in [0.2, 0.25) is 0 Å². The van der Waals surface area contributed by atoms with Crippen molar-refractivity contribution in [2.24, 2.45) is 5.73 Å². The minimum absolute atomic E-state index is 0.0366. The van der Waals surface area contributed by atoms with Crippen molar-refractivity contribution in [2.75, 3.05) is 11.9 Å². The topological polar surface area (TPSA) is 50.9 Å². The molecule has 0 aliphatic carbocycles. The normalized spacial score (nSPS) is 12.7. The summed E-state index contributed by atoms with van der Waals surface area (Å²) in [6.45, 7) is 2.75. The number of rotatable bonds is 6. The van der Waals surface area contributed by atoms with Gasteiger partial charge in [-0.15, -0.1) is 0 Å². The van der Waals surface area contributed by atoms with Crippen LogP contribution in [-0.4, -0.2) is 17.7 Å². The zero-order valence-electron chi connectivity index (χ0n) is 11.4. The molecule has 0 spiro atoms. The first-order valence-electron chi connectivity index (χ1n) is 6.12. The van der Waals surface area contributed by atoms with Crippen molar-refractivity contribution < 1.29 is 22.0 Å². The largest absolute Gasteiger partial charge is 0.415 e. The Kier molecular flexibility index (Phi) is 6.24. The fourth-order valence-electron chi connectivity index (χ4n) is 1.36. The number of aromatic nitrogens is 1. The molecule has 1 aromatic heterocycles. The molecule has 0 aromatic carbocycles. The lowest BCUT2D eigenvalue weighted by molar-refractivity contribution is -0.0879. The minimum atomic E-state index is -4.67. The highest BCUT2D eigenvalue weighted by molar-refractivity contribution is 5.42. The number of nitrogens with one attached hydrogen (secondary N) is 1. The summed E-state index contributed by atoms with van der Waals surface area (Å²) in [5.41, 5.74) is 4.42. The van der Waals surface area contributed by atoms with Crippen LogP contribution < -0.4 is 11.1 Å². The molecule has 0 bridgehead atoms. The molecule has 0 atom stereocenters. The fraction of sp³-hybridized carbons (Fsp3) is 0.214. The smallest absolute Gasteiger partial charge is 0.380 e. The second kappa shape index (κ2) is 7.69. The zero-order valence-corrected chi connectivity index (χ0v) is 11.4. The van der Waals surface area contributed by atoms with Gasteiger partial charge in [-0.05, 0) is 12.2 Å². The number of halogens is 5. The van der Waals surface area contributed by atoms with Crippen molar-refractivity contribution in [2.45, 2.75) is 12.7 Å². The van der Waals surface area contributed by atoms with Gasteiger partial charge in [0.2, 0.25) is 0 Å². The summed E-state index contributed by atoms with van der Waals surface area (Å²) in [5.74, 6) is -1.67. The molecule has 1 aromatic rings. The Morgan fingerprint density at radius 2 is 2.09 bits per heavy atom. The molecule has 0 aliphatic heterocycles. The Bertz CT molecular complexity index is 591. The number of nitrogens with two attached hydrogens (primary N) is 1. The van der Waals surface area contributed by atoms with E-state index in [1.807, 2.05) is 0 Å². The van der Waals surface area contributed by atoms with Crippen molar-refractivity contribution in [1.82, 2.24) is 4.98 Å². The third-order valence-electron chi connectivity index (χ3n) is 2.49. The number of alkyl halides is 3. The molecule has 3 nitrogen and oxygen atoms in total. The van der Waals surface area contributed by atoms with Gasteiger partial charge in [0.15, 0.2) is 0 Å². The highest BCUT2D eigenvalue weighted by Crippen LogP contribution is 2.26. The van der Waals surface area contributed by atoms with Crippen LogP contribution in [0.5, 0.6) is 0 Å². The zero-order chi connectivity index (χ0) is 16.8. The second-order valence-corrected chi connectivity index (χ2v) is 4.19. The lowest BCUT2D eigenvalue weighted by Gasteiger charge is -2.05. The van der Waals surface area contributed by atoms with Crippen LogP contribution in [0.4, 0.5) is 27.6 Å². The fourth-order valence-corrected chi connectivity index (χ4v) is 1.36. The highest BCUT2D eigenvalue weighted by atomic mass is 19.4. The van der Waals surface area contributed by atoms with Crippen LogP contribution in [0.1, 0.15) is 5.69 Å². The van der Waals surface area contributed by atoms with E-state index < -0.39 is 23.4 Å². The van der Waals surface area contributed by atoms with Gasteiger partial charge in [-0.2, -0.15) is 13.2 Å². The van der Waals surface area contributed by atoms with Crippen LogP contribution in [0.25, 0.3) is 0 Å². The molecule has 1 rings (SSSR count). The monoisotopic (exact) mass is 319 g/mol. The van der Waals surface area contributed by atoms with Crippen LogP contribution in [0, 0.1) is 5.82 Å². The Balaban J connectivity index is 2.55. The molecule has 0 amide bonds. The van der Waals surface area contributed by atoms with Crippen molar-refractivity contribution in [3.8, 4) is 0 Å². The summed E-state index contributed by atoms with van der Waals surface area (Å²) in [5, 5.41) is 2.71. The van der Waals surface area contributed by atoms with Gasteiger partial charge in [-0.3, -0.25) is 4.98 Å². The molecule has 0 radical (unpaired) electrons. The summed E-state index contributed by atoms with van der Waals surface area (Å²) in [6.07, 6.45) is -0.950. The maximum absolute atomic E-state index is 13.4. The molecule has 0 aliphatic rings. The SMILES string of the molecule is C=C(/C=C(F)\C=C/CNc1cnc(CN)c(F)c1)C(F)(F)F. The van der Waals surface area contributed by atoms with Gasteiger partial charge in [-0.25, -0.2) is 8.78 Å². The van der Waals surface area contributed by atoms with E-state index in [1.165, 1.54) is 18.3 Å². The molecule has 120 valence electrons. The van der Waals surface area contributed by atoms with Gasteiger partial charge in [0.25, 0.3) is 0 Å². The maximum atomic E-state index is 13.4.